The average molecular weight is 339 g/mol. The molecule has 2 aromatic rings. The first-order valence-electron chi connectivity index (χ1n) is 6.96. The molecule has 1 aromatic heterocycles. The molecule has 0 fully saturated rings. The number of thiophene rings is 1. The fourth-order valence-corrected chi connectivity index (χ4v) is 3.10. The number of carbonyl (C=O) groups is 2. The summed E-state index contributed by atoms with van der Waals surface area (Å²) in [5.41, 5.74) is 0.454. The Balaban J connectivity index is 2.20. The van der Waals surface area contributed by atoms with Gasteiger partial charge in [0, 0.05) is 16.5 Å². The molecule has 4 nitrogen and oxygen atoms in total. The summed E-state index contributed by atoms with van der Waals surface area (Å²) in [5, 5.41) is 13.2. The van der Waals surface area contributed by atoms with Crippen LogP contribution in [0.15, 0.2) is 29.6 Å². The van der Waals surface area contributed by atoms with Crippen LogP contribution in [0.4, 0.5) is 8.78 Å². The van der Waals surface area contributed by atoms with Crippen molar-refractivity contribution in [2.75, 3.05) is 0 Å². The van der Waals surface area contributed by atoms with E-state index in [-0.39, 0.29) is 17.5 Å². The van der Waals surface area contributed by atoms with Gasteiger partial charge in [-0.15, -0.1) is 11.3 Å². The summed E-state index contributed by atoms with van der Waals surface area (Å²) in [6.07, 6.45) is 0.162. The summed E-state index contributed by atoms with van der Waals surface area (Å²) in [5.74, 6) is -2.92. The number of hydrogen-bond donors (Lipinski definition) is 2. The van der Waals surface area contributed by atoms with Gasteiger partial charge in [-0.25, -0.2) is 8.78 Å². The Kier molecular flexibility index (Phi) is 5.44. The van der Waals surface area contributed by atoms with Crippen LogP contribution in [0, 0.1) is 11.6 Å². The molecule has 23 heavy (non-hydrogen) atoms. The molecular weight excluding hydrogens is 324 g/mol. The standard InChI is InChI=1S/C16H15F2NO3S/c1-2-13(10-4-3-9(17)7-12(10)18)19-16(22)11-5-6-23-14(11)8-15(20)21/h3-7,13H,2,8H2,1H3,(H,19,22)(H,20,21). The van der Waals surface area contributed by atoms with Crippen LogP contribution in [0.25, 0.3) is 0 Å². The lowest BCUT2D eigenvalue weighted by atomic mass is 10.0. The van der Waals surface area contributed by atoms with Crippen molar-refractivity contribution in [1.82, 2.24) is 5.32 Å². The van der Waals surface area contributed by atoms with Crippen LogP contribution in [0.2, 0.25) is 0 Å². The highest BCUT2D eigenvalue weighted by Crippen LogP contribution is 2.23. The minimum absolute atomic E-state index is 0.192. The van der Waals surface area contributed by atoms with Gasteiger partial charge in [-0.3, -0.25) is 9.59 Å². The van der Waals surface area contributed by atoms with E-state index in [1.165, 1.54) is 23.5 Å². The quantitative estimate of drug-likeness (QED) is 0.846. The van der Waals surface area contributed by atoms with E-state index in [2.05, 4.69) is 5.32 Å². The largest absolute Gasteiger partial charge is 0.481 e. The first kappa shape index (κ1) is 17.1. The summed E-state index contributed by atoms with van der Waals surface area (Å²) in [7, 11) is 0. The molecule has 1 atom stereocenters. The van der Waals surface area contributed by atoms with Crippen molar-refractivity contribution in [2.24, 2.45) is 0 Å². The summed E-state index contributed by atoms with van der Waals surface area (Å²) < 4.78 is 26.9. The van der Waals surface area contributed by atoms with Crippen molar-refractivity contribution in [3.8, 4) is 0 Å². The fraction of sp³-hybridized carbons (Fsp3) is 0.250. The molecule has 0 bridgehead atoms. The van der Waals surface area contributed by atoms with E-state index in [1.807, 2.05) is 0 Å². The molecule has 0 spiro atoms. The Labute approximate surface area is 135 Å². The number of carboxylic acid groups (broad SMARTS) is 1. The van der Waals surface area contributed by atoms with E-state index >= 15 is 0 Å². The Morgan fingerprint density at radius 3 is 2.65 bits per heavy atom. The van der Waals surface area contributed by atoms with Crippen LogP contribution in [-0.4, -0.2) is 17.0 Å². The summed E-state index contributed by atoms with van der Waals surface area (Å²) in [4.78, 5) is 23.6. The van der Waals surface area contributed by atoms with Crippen LogP contribution in [0.5, 0.6) is 0 Å². The molecule has 0 aliphatic carbocycles. The second kappa shape index (κ2) is 7.32. The van der Waals surface area contributed by atoms with Crippen molar-refractivity contribution in [3.63, 3.8) is 0 Å². The number of carbonyl (C=O) groups excluding carboxylic acids is 1. The van der Waals surface area contributed by atoms with Crippen LogP contribution in [0.1, 0.15) is 40.2 Å². The molecule has 0 aliphatic heterocycles. The second-order valence-electron chi connectivity index (χ2n) is 4.93. The Morgan fingerprint density at radius 1 is 1.30 bits per heavy atom. The van der Waals surface area contributed by atoms with Crippen molar-refractivity contribution >= 4 is 23.2 Å². The minimum Gasteiger partial charge on any atom is -0.481 e. The van der Waals surface area contributed by atoms with Gasteiger partial charge in [0.25, 0.3) is 5.91 Å². The second-order valence-corrected chi connectivity index (χ2v) is 5.93. The number of amides is 1. The number of carboxylic acids is 1. The fourth-order valence-electron chi connectivity index (χ4n) is 2.24. The van der Waals surface area contributed by atoms with Gasteiger partial charge >= 0.3 is 5.97 Å². The van der Waals surface area contributed by atoms with Crippen LogP contribution >= 0.6 is 11.3 Å². The molecular formula is C16H15F2NO3S. The highest BCUT2D eigenvalue weighted by Gasteiger charge is 2.21. The molecule has 122 valence electrons. The van der Waals surface area contributed by atoms with Crippen LogP contribution in [0.3, 0.4) is 0 Å². The Bertz CT molecular complexity index is 730. The molecule has 0 saturated heterocycles. The molecule has 0 radical (unpaired) electrons. The van der Waals surface area contributed by atoms with Gasteiger partial charge < -0.3 is 10.4 Å². The normalized spacial score (nSPS) is 12.0. The lowest BCUT2D eigenvalue weighted by Crippen LogP contribution is -2.29. The summed E-state index contributed by atoms with van der Waals surface area (Å²) >= 11 is 1.18. The molecule has 1 aromatic carbocycles. The number of halogens is 2. The van der Waals surface area contributed by atoms with Crippen molar-refractivity contribution in [2.45, 2.75) is 25.8 Å². The van der Waals surface area contributed by atoms with Crippen LogP contribution < -0.4 is 5.32 Å². The number of aliphatic carboxylic acids is 1. The number of nitrogens with one attached hydrogen (secondary N) is 1. The lowest BCUT2D eigenvalue weighted by Gasteiger charge is -2.18. The maximum atomic E-state index is 13.9. The third kappa shape index (κ3) is 4.13. The van der Waals surface area contributed by atoms with Crippen molar-refractivity contribution in [3.05, 3.63) is 57.3 Å². The lowest BCUT2D eigenvalue weighted by molar-refractivity contribution is -0.136. The van der Waals surface area contributed by atoms with Crippen molar-refractivity contribution < 1.29 is 23.5 Å². The van der Waals surface area contributed by atoms with E-state index in [0.717, 1.165) is 12.1 Å². The van der Waals surface area contributed by atoms with Gasteiger partial charge in [0.15, 0.2) is 0 Å². The van der Waals surface area contributed by atoms with Crippen LogP contribution in [-0.2, 0) is 11.2 Å². The average Bonchev–Trinajstić information content (AvgIpc) is 2.92. The molecule has 1 heterocycles. The summed E-state index contributed by atoms with van der Waals surface area (Å²) in [6.45, 7) is 1.76. The first-order chi connectivity index (χ1) is 10.9. The van der Waals surface area contributed by atoms with Gasteiger partial charge in [-0.1, -0.05) is 13.0 Å². The SMILES string of the molecule is CCC(NC(=O)c1ccsc1CC(=O)O)c1ccc(F)cc1F. The van der Waals surface area contributed by atoms with Gasteiger partial charge in [0.05, 0.1) is 18.0 Å². The summed E-state index contributed by atoms with van der Waals surface area (Å²) in [6, 6.07) is 4.11. The number of hydrogen-bond acceptors (Lipinski definition) is 3. The molecule has 1 amide bonds. The van der Waals surface area contributed by atoms with E-state index < -0.39 is 29.6 Å². The monoisotopic (exact) mass is 339 g/mol. The predicted octanol–water partition coefficient (Wildman–Crippen LogP) is 3.53. The maximum Gasteiger partial charge on any atom is 0.308 e. The topological polar surface area (TPSA) is 66.4 Å². The predicted molar refractivity (Wildman–Crippen MR) is 82.5 cm³/mol. The number of benzene rings is 1. The van der Waals surface area contributed by atoms with Gasteiger partial charge in [0.1, 0.15) is 11.6 Å². The molecule has 0 saturated carbocycles. The Morgan fingerprint density at radius 2 is 2.04 bits per heavy atom. The molecule has 2 N–H and O–H groups in total. The zero-order valence-corrected chi connectivity index (χ0v) is 13.1. The van der Waals surface area contributed by atoms with Gasteiger partial charge in [0.2, 0.25) is 0 Å². The van der Waals surface area contributed by atoms with E-state index in [1.54, 1.807) is 12.3 Å². The molecule has 1 unspecified atom stereocenters. The van der Waals surface area contributed by atoms with E-state index in [4.69, 9.17) is 5.11 Å². The van der Waals surface area contributed by atoms with Gasteiger partial charge in [-0.05, 0) is 23.9 Å². The zero-order valence-electron chi connectivity index (χ0n) is 12.3. The first-order valence-corrected chi connectivity index (χ1v) is 7.84. The molecule has 2 rings (SSSR count). The smallest absolute Gasteiger partial charge is 0.308 e. The zero-order chi connectivity index (χ0) is 17.0. The van der Waals surface area contributed by atoms with E-state index in [0.29, 0.717) is 11.3 Å². The highest BCUT2D eigenvalue weighted by molar-refractivity contribution is 7.10. The van der Waals surface area contributed by atoms with Crippen molar-refractivity contribution in [1.29, 1.82) is 0 Å². The van der Waals surface area contributed by atoms with Gasteiger partial charge in [-0.2, -0.15) is 0 Å². The maximum absolute atomic E-state index is 13.9. The Hall–Kier alpha value is -2.28. The molecule has 0 aliphatic rings. The third-order valence-electron chi connectivity index (χ3n) is 3.35. The third-order valence-corrected chi connectivity index (χ3v) is 4.27. The highest BCUT2D eigenvalue weighted by atomic mass is 32.1. The number of rotatable bonds is 6. The molecule has 7 heteroatoms. The van der Waals surface area contributed by atoms with E-state index in [9.17, 15) is 18.4 Å². The minimum atomic E-state index is -1.03.